The predicted molar refractivity (Wildman–Crippen MR) is 454 cm³/mol. The molecule has 0 aliphatic carbocycles. The Balaban J connectivity index is 1.20. The van der Waals surface area contributed by atoms with Crippen LogP contribution in [0.4, 0.5) is 0 Å². The number of thiol groups is 1. The molecular weight excluding hydrogens is 1610 g/mol. The van der Waals surface area contributed by atoms with E-state index in [-0.39, 0.29) is 82.1 Å². The van der Waals surface area contributed by atoms with Crippen molar-refractivity contribution in [1.82, 2.24) is 89.0 Å². The molecule has 24 N–H and O–H groups in total. The highest BCUT2D eigenvalue weighted by atomic mass is 32.2. The van der Waals surface area contributed by atoms with Gasteiger partial charge in [-0.25, -0.2) is 4.98 Å². The third-order valence-corrected chi connectivity index (χ3v) is 21.5. The Morgan fingerprint density at radius 1 is 0.603 bits per heavy atom. The van der Waals surface area contributed by atoms with Gasteiger partial charge in [-0.2, -0.15) is 24.4 Å². The molecular formula is C81H118N20O18S2. The third kappa shape index (κ3) is 30.7. The van der Waals surface area contributed by atoms with Crippen LogP contribution in [0.5, 0.6) is 5.75 Å². The minimum absolute atomic E-state index is 0.000952. The lowest BCUT2D eigenvalue weighted by molar-refractivity contribution is -0.146. The Bertz CT molecular complexity index is 4330. The number of hydrogen-bond acceptors (Lipinski definition) is 22. The predicted octanol–water partition coefficient (Wildman–Crippen LogP) is -1.82. The van der Waals surface area contributed by atoms with Crippen molar-refractivity contribution in [3.8, 4) is 5.75 Å². The number of carbonyl (C=O) groups excluding carboxylic acids is 13. The van der Waals surface area contributed by atoms with Crippen LogP contribution in [0.1, 0.15) is 123 Å². The number of H-pyrrole nitrogens is 2. The number of aliphatic hydroxyl groups excluding tert-OH is 2. The van der Waals surface area contributed by atoms with Crippen LogP contribution in [-0.4, -0.2) is 257 Å². The second-order valence-corrected chi connectivity index (χ2v) is 32.2. The van der Waals surface area contributed by atoms with Gasteiger partial charge in [-0.15, -0.1) is 0 Å². The van der Waals surface area contributed by atoms with Gasteiger partial charge in [0, 0.05) is 67.8 Å². The van der Waals surface area contributed by atoms with Crippen molar-refractivity contribution in [1.29, 1.82) is 5.41 Å². The van der Waals surface area contributed by atoms with Crippen LogP contribution in [0.15, 0.2) is 97.6 Å². The summed E-state index contributed by atoms with van der Waals surface area (Å²) in [6.45, 7) is 11.8. The van der Waals surface area contributed by atoms with Crippen LogP contribution < -0.4 is 80.6 Å². The second-order valence-electron chi connectivity index (χ2n) is 30.8. The number of nitrogens with one attached hydrogen (secondary N) is 16. The Labute approximate surface area is 711 Å². The van der Waals surface area contributed by atoms with E-state index in [1.54, 1.807) is 103 Å². The van der Waals surface area contributed by atoms with Crippen molar-refractivity contribution in [2.45, 2.75) is 217 Å². The summed E-state index contributed by atoms with van der Waals surface area (Å²) in [4.78, 5) is 210. The molecule has 2 aromatic heterocycles. The molecule has 1 aliphatic heterocycles. The molecule has 5 aromatic rings. The molecule has 0 spiro atoms. The van der Waals surface area contributed by atoms with Crippen LogP contribution in [0.2, 0.25) is 0 Å². The molecule has 1 saturated heterocycles. The number of phenolic OH excluding ortho intramolecular Hbond substituents is 1. The van der Waals surface area contributed by atoms with Gasteiger partial charge in [0.2, 0.25) is 76.8 Å². The van der Waals surface area contributed by atoms with E-state index in [0.717, 1.165) is 4.90 Å². The molecule has 3 heterocycles. The van der Waals surface area contributed by atoms with Gasteiger partial charge in [-0.3, -0.25) is 72.5 Å². The summed E-state index contributed by atoms with van der Waals surface area (Å²) in [6, 6.07) is 1.79. The van der Waals surface area contributed by atoms with Crippen LogP contribution in [0.3, 0.4) is 0 Å². The number of nitrogens with two attached hydrogens (primary N) is 2. The molecule has 121 heavy (non-hydrogen) atoms. The molecule has 0 bridgehead atoms. The second kappa shape index (κ2) is 48.8. The minimum Gasteiger partial charge on any atom is -0.508 e. The Kier molecular flexibility index (Phi) is 39.7. The SMILES string of the molecule is CC[C@H](C)[C@H](NC(=O)[C@H](Cc1ccccc1)NC(=O)[C@H](Cc1c[nH]cn1)NC(=O)[C@H](Cc1c[nH]c2ccccc12)NC(=O)[C@H](Cc1ccc(O)cc1)NC(=O)[C@@H](N)CCCNC(=N)N)C(=O)N[C@@H](CCSC)C(=O)N[C@@H](CC(C)C)C(=O)N[C@H](C(=O)N[C@@H](CS)C(=O)N[C@@H](CO)C(=O)N[C@H](C(=O)N1CCC[C@H]1C(=O)N[C@@H](C)C(=O)O)[C@@H](C)O)C(C)C. The van der Waals surface area contributed by atoms with Gasteiger partial charge >= 0.3 is 5.97 Å². The zero-order valence-corrected chi connectivity index (χ0v) is 71.1. The summed E-state index contributed by atoms with van der Waals surface area (Å²) in [5.41, 5.74) is 14.4. The van der Waals surface area contributed by atoms with Crippen LogP contribution >= 0.6 is 24.4 Å². The van der Waals surface area contributed by atoms with Gasteiger partial charge in [0.1, 0.15) is 84.3 Å². The average Bonchev–Trinajstić information content (AvgIpc) is 1.73. The van der Waals surface area contributed by atoms with Crippen molar-refractivity contribution in [3.63, 3.8) is 0 Å². The highest BCUT2D eigenvalue weighted by Crippen LogP contribution is 2.23. The summed E-state index contributed by atoms with van der Waals surface area (Å²) in [6.07, 6.45) is 5.20. The maximum atomic E-state index is 15.3. The van der Waals surface area contributed by atoms with Gasteiger partial charge in [0.25, 0.3) is 0 Å². The fourth-order valence-corrected chi connectivity index (χ4v) is 14.1. The standard InChI is InChI=1S/C81H118N20O18S2/c1-10-44(6)65(78(116)90-55(28-31-121-9)68(106)92-56(32-42(2)3)72(110)98-64(43(4)5)77(115)97-62(40-120)75(113)96-61(39-102)74(112)100-66(46(8)103)79(117)101-30-17-23-63(101)76(114)89-45(7)80(118)119)99-73(111)58(33-47-18-12-11-13-19-47)93-71(109)60(36-50-38-85-41-88-50)95-70(108)59(35-49-37-87-54-22-15-14-20-52(49)54)94-69(107)57(34-48-24-26-51(104)27-25-48)91-67(105)53(82)21-16-29-86-81(83)84/h11-15,18-20,22,24-27,37-38,41-46,53,55-66,87,102-104,120H,10,16-17,21,23,28-36,39-40,82H2,1-9H3,(H,85,88)(H,89,114)(H,90,116)(H,91,105)(H,92,106)(H,93,109)(H,94,107)(H,95,108)(H,96,113)(H,97,115)(H,98,110)(H,99,111)(H,100,112)(H,118,119)(H4,83,84,86)/t44-,45-,46+,53-,55-,56-,57-,58-,59-,60-,61-,62-,63-,64-,65-,66-/m0/s1. The van der Waals surface area contributed by atoms with E-state index < -0.39 is 198 Å². The summed E-state index contributed by atoms with van der Waals surface area (Å²) in [5.74, 6) is -14.8. The number of imidazole rings is 1. The Morgan fingerprint density at radius 3 is 1.69 bits per heavy atom. The number of fused-ring (bicyclic) bond motifs is 1. The van der Waals surface area contributed by atoms with Crippen molar-refractivity contribution in [3.05, 3.63) is 120 Å². The molecule has 662 valence electrons. The normalized spacial score (nSPS) is 16.3. The third-order valence-electron chi connectivity index (χ3n) is 20.5. The molecule has 0 radical (unpaired) electrons. The minimum atomic E-state index is -1.79. The number of benzene rings is 3. The zero-order chi connectivity index (χ0) is 89.3. The lowest BCUT2D eigenvalue weighted by atomic mass is 9.96. The van der Waals surface area contributed by atoms with E-state index >= 15 is 14.4 Å². The number of aromatic hydroxyl groups is 1. The van der Waals surface area contributed by atoms with E-state index in [1.807, 2.05) is 18.2 Å². The van der Waals surface area contributed by atoms with E-state index in [1.165, 1.54) is 50.3 Å². The number of carbonyl (C=O) groups is 14. The largest absolute Gasteiger partial charge is 0.508 e. The number of amides is 13. The summed E-state index contributed by atoms with van der Waals surface area (Å²) in [5, 5.41) is 83.0. The number of rotatable bonds is 49. The number of aromatic amines is 2. The zero-order valence-electron chi connectivity index (χ0n) is 69.4. The first-order valence-corrected chi connectivity index (χ1v) is 42.2. The number of aromatic nitrogens is 3. The van der Waals surface area contributed by atoms with Gasteiger partial charge in [-0.05, 0) is 117 Å². The number of nitrogens with zero attached hydrogens (tertiary/aromatic N) is 2. The first-order valence-electron chi connectivity index (χ1n) is 40.2. The molecule has 1 fully saturated rings. The maximum Gasteiger partial charge on any atom is 0.325 e. The number of carboxylic acids is 1. The van der Waals surface area contributed by atoms with Gasteiger partial charge in [0.15, 0.2) is 5.96 Å². The van der Waals surface area contributed by atoms with Crippen molar-refractivity contribution >= 4 is 124 Å². The van der Waals surface area contributed by atoms with E-state index in [4.69, 9.17) is 16.9 Å². The maximum absolute atomic E-state index is 15.3. The fourth-order valence-electron chi connectivity index (χ4n) is 13.4. The van der Waals surface area contributed by atoms with Crippen LogP contribution in [0.25, 0.3) is 10.9 Å². The number of phenols is 1. The number of likely N-dealkylation sites (tertiary alicyclic amines) is 1. The number of thioether (sulfide) groups is 1. The van der Waals surface area contributed by atoms with Crippen molar-refractivity contribution in [2.75, 3.05) is 37.5 Å². The summed E-state index contributed by atoms with van der Waals surface area (Å²) in [7, 11) is 0. The number of hydrogen-bond donors (Lipinski definition) is 23. The quantitative estimate of drug-likeness (QED) is 0.00882. The fraction of sp³-hybridized carbons (Fsp3) is 0.531. The lowest BCUT2D eigenvalue weighted by Crippen LogP contribution is -2.63. The number of aliphatic carboxylic acids is 1. The smallest absolute Gasteiger partial charge is 0.325 e. The van der Waals surface area contributed by atoms with Crippen LogP contribution in [0, 0.1) is 23.2 Å². The first-order chi connectivity index (χ1) is 57.5. The lowest BCUT2D eigenvalue weighted by Gasteiger charge is -2.31. The van der Waals surface area contributed by atoms with Gasteiger partial charge in [0.05, 0.1) is 30.8 Å². The Morgan fingerprint density at radius 2 is 1.12 bits per heavy atom. The Hall–Kier alpha value is -11.4. The first kappa shape index (κ1) is 98.5. The molecule has 16 atom stereocenters. The highest BCUT2D eigenvalue weighted by Gasteiger charge is 2.43. The van der Waals surface area contributed by atoms with Crippen LogP contribution in [-0.2, 0) is 92.8 Å². The number of para-hydroxylation sites is 1. The summed E-state index contributed by atoms with van der Waals surface area (Å²) >= 11 is 5.60. The van der Waals surface area contributed by atoms with Crippen molar-refractivity contribution in [2.24, 2.45) is 29.2 Å². The molecule has 6 rings (SSSR count). The molecule has 40 heteroatoms. The molecule has 13 amide bonds. The molecule has 0 unspecified atom stereocenters. The van der Waals surface area contributed by atoms with E-state index in [2.05, 4.69) is 96.7 Å². The van der Waals surface area contributed by atoms with E-state index in [9.17, 15) is 73.2 Å². The summed E-state index contributed by atoms with van der Waals surface area (Å²) < 4.78 is 0. The topological polar surface area (TPSA) is 600 Å². The molecule has 1 aliphatic rings. The highest BCUT2D eigenvalue weighted by molar-refractivity contribution is 7.98. The average molecular weight is 1720 g/mol. The van der Waals surface area contributed by atoms with E-state index in [0.29, 0.717) is 58.3 Å². The number of carboxylic acid groups (broad SMARTS) is 1. The molecule has 0 saturated carbocycles. The number of aliphatic hydroxyl groups is 2. The number of guanidine groups is 1. The van der Waals surface area contributed by atoms with Gasteiger partial charge in [-0.1, -0.05) is 109 Å². The molecule has 38 nitrogen and oxygen atoms in total. The molecule has 3 aromatic carbocycles. The van der Waals surface area contributed by atoms with Crippen molar-refractivity contribution < 1.29 is 87.5 Å². The van der Waals surface area contributed by atoms with Gasteiger partial charge < -0.3 is 116 Å². The monoisotopic (exact) mass is 1720 g/mol.